The van der Waals surface area contributed by atoms with E-state index >= 15 is 0 Å². The largest absolute Gasteiger partial charge is 0.468 e. The summed E-state index contributed by atoms with van der Waals surface area (Å²) in [6.45, 7) is 6.10. The summed E-state index contributed by atoms with van der Waals surface area (Å²) >= 11 is 0. The third-order valence-electron chi connectivity index (χ3n) is 4.43. The fourth-order valence-corrected chi connectivity index (χ4v) is 3.69. The van der Waals surface area contributed by atoms with Crippen LogP contribution in [0.15, 0.2) is 16.7 Å². The lowest BCUT2D eigenvalue weighted by Crippen LogP contribution is -2.63. The van der Waals surface area contributed by atoms with E-state index in [1.807, 2.05) is 13.8 Å². The molecule has 2 amide bonds. The Bertz CT molecular complexity index is 631. The van der Waals surface area contributed by atoms with Crippen molar-refractivity contribution in [3.05, 3.63) is 23.7 Å². The van der Waals surface area contributed by atoms with Gasteiger partial charge in [0.25, 0.3) is 5.91 Å². The third-order valence-corrected chi connectivity index (χ3v) is 4.43. The van der Waals surface area contributed by atoms with E-state index in [0.29, 0.717) is 31.0 Å². The molecule has 0 aliphatic carbocycles. The van der Waals surface area contributed by atoms with Crippen molar-refractivity contribution in [2.45, 2.75) is 44.3 Å². The Morgan fingerprint density at radius 3 is 2.79 bits per heavy atom. The first kappa shape index (κ1) is 17.0. The number of furan rings is 1. The van der Waals surface area contributed by atoms with Crippen LogP contribution in [0.1, 0.15) is 42.8 Å². The zero-order valence-electron chi connectivity index (χ0n) is 14.2. The highest BCUT2D eigenvalue weighted by Gasteiger charge is 2.47. The van der Waals surface area contributed by atoms with Crippen LogP contribution in [0.4, 0.5) is 0 Å². The molecule has 132 valence electrons. The Kier molecular flexibility index (Phi) is 4.40. The maximum Gasteiger partial charge on any atom is 0.257 e. The summed E-state index contributed by atoms with van der Waals surface area (Å²) in [5.41, 5.74) is 4.67. The quantitative estimate of drug-likeness (QED) is 0.892. The van der Waals surface area contributed by atoms with Crippen LogP contribution in [-0.4, -0.2) is 54.2 Å². The summed E-state index contributed by atoms with van der Waals surface area (Å²) < 4.78 is 17.2. The molecule has 2 N–H and O–H groups in total. The SMILES string of the molecule is CC1(C)CN(C(=O)c2ccoc2CC(N)=O)CC2(CCCOC2)O1. The monoisotopic (exact) mass is 336 g/mol. The lowest BCUT2D eigenvalue weighted by Gasteiger charge is -2.51. The Hall–Kier alpha value is -1.86. The summed E-state index contributed by atoms with van der Waals surface area (Å²) in [6.07, 6.45) is 3.10. The maximum atomic E-state index is 13.0. The van der Waals surface area contributed by atoms with E-state index in [4.69, 9.17) is 19.6 Å². The molecule has 2 aliphatic rings. The molecule has 24 heavy (non-hydrogen) atoms. The molecule has 7 heteroatoms. The van der Waals surface area contributed by atoms with Gasteiger partial charge in [-0.2, -0.15) is 0 Å². The molecule has 3 heterocycles. The lowest BCUT2D eigenvalue weighted by atomic mass is 9.90. The number of amides is 2. The summed E-state index contributed by atoms with van der Waals surface area (Å²) in [6, 6.07) is 1.59. The number of ether oxygens (including phenoxy) is 2. The molecule has 7 nitrogen and oxygen atoms in total. The van der Waals surface area contributed by atoms with E-state index in [9.17, 15) is 9.59 Å². The van der Waals surface area contributed by atoms with E-state index < -0.39 is 17.1 Å². The zero-order valence-corrected chi connectivity index (χ0v) is 14.2. The Morgan fingerprint density at radius 1 is 1.33 bits per heavy atom. The van der Waals surface area contributed by atoms with E-state index in [1.165, 1.54) is 6.26 Å². The molecule has 0 saturated carbocycles. The van der Waals surface area contributed by atoms with E-state index in [0.717, 1.165) is 19.4 Å². The molecule has 2 fully saturated rings. The molecule has 0 bridgehead atoms. The van der Waals surface area contributed by atoms with Crippen molar-refractivity contribution in [2.75, 3.05) is 26.3 Å². The van der Waals surface area contributed by atoms with Crippen molar-refractivity contribution in [3.8, 4) is 0 Å². The molecule has 2 aliphatic heterocycles. The number of carbonyl (C=O) groups excluding carboxylic acids is 2. The van der Waals surface area contributed by atoms with Crippen LogP contribution in [-0.2, 0) is 20.7 Å². The van der Waals surface area contributed by atoms with Gasteiger partial charge in [-0.25, -0.2) is 0 Å². The van der Waals surface area contributed by atoms with Gasteiger partial charge in [0, 0.05) is 13.2 Å². The first-order chi connectivity index (χ1) is 11.3. The zero-order chi connectivity index (χ0) is 17.4. The average Bonchev–Trinajstić information content (AvgIpc) is 2.92. The highest BCUT2D eigenvalue weighted by molar-refractivity contribution is 5.96. The Balaban J connectivity index is 1.83. The molecule has 1 aromatic heterocycles. The average molecular weight is 336 g/mol. The van der Waals surface area contributed by atoms with Gasteiger partial charge >= 0.3 is 0 Å². The highest BCUT2D eigenvalue weighted by atomic mass is 16.6. The number of nitrogens with zero attached hydrogens (tertiary/aromatic N) is 1. The van der Waals surface area contributed by atoms with Crippen molar-refractivity contribution in [1.29, 1.82) is 0 Å². The highest BCUT2D eigenvalue weighted by Crippen LogP contribution is 2.35. The van der Waals surface area contributed by atoms with Gasteiger partial charge < -0.3 is 24.5 Å². The standard InChI is InChI=1S/C17H24N2O5/c1-16(2)9-19(10-17(24-16)5-3-6-22-11-17)15(21)12-4-7-23-13(12)8-14(18)20/h4,7H,3,5-6,8-11H2,1-2H3,(H2,18,20). The van der Waals surface area contributed by atoms with Crippen LogP contribution in [0.5, 0.6) is 0 Å². The second-order valence-corrected chi connectivity index (χ2v) is 7.26. The summed E-state index contributed by atoms with van der Waals surface area (Å²) in [5.74, 6) is -0.384. The van der Waals surface area contributed by atoms with Gasteiger partial charge in [0.1, 0.15) is 11.4 Å². The van der Waals surface area contributed by atoms with Crippen molar-refractivity contribution >= 4 is 11.8 Å². The van der Waals surface area contributed by atoms with Crippen molar-refractivity contribution in [2.24, 2.45) is 5.73 Å². The minimum atomic E-state index is -0.529. The molecule has 2 saturated heterocycles. The second-order valence-electron chi connectivity index (χ2n) is 7.26. The predicted octanol–water partition coefficient (Wildman–Crippen LogP) is 1.11. The minimum Gasteiger partial charge on any atom is -0.468 e. The van der Waals surface area contributed by atoms with Gasteiger partial charge in [-0.05, 0) is 32.8 Å². The molecular weight excluding hydrogens is 312 g/mol. The summed E-state index contributed by atoms with van der Waals surface area (Å²) in [7, 11) is 0. The van der Waals surface area contributed by atoms with Crippen LogP contribution >= 0.6 is 0 Å². The number of rotatable bonds is 3. The van der Waals surface area contributed by atoms with Gasteiger partial charge in [-0.3, -0.25) is 9.59 Å². The first-order valence-corrected chi connectivity index (χ1v) is 8.22. The van der Waals surface area contributed by atoms with Gasteiger partial charge in [-0.1, -0.05) is 0 Å². The maximum absolute atomic E-state index is 13.0. The fourth-order valence-electron chi connectivity index (χ4n) is 3.69. The number of nitrogens with two attached hydrogens (primary N) is 1. The van der Waals surface area contributed by atoms with Crippen LogP contribution < -0.4 is 5.73 Å². The second kappa shape index (κ2) is 6.22. The number of hydrogen-bond donors (Lipinski definition) is 1. The predicted molar refractivity (Wildman–Crippen MR) is 85.5 cm³/mol. The van der Waals surface area contributed by atoms with E-state index in [-0.39, 0.29) is 12.3 Å². The van der Waals surface area contributed by atoms with Crippen LogP contribution in [0.2, 0.25) is 0 Å². The number of primary amides is 1. The Morgan fingerprint density at radius 2 is 2.12 bits per heavy atom. The molecule has 1 atom stereocenters. The topological polar surface area (TPSA) is 95.0 Å². The molecule has 0 aromatic carbocycles. The van der Waals surface area contributed by atoms with Crippen LogP contribution in [0, 0.1) is 0 Å². The van der Waals surface area contributed by atoms with Crippen molar-refractivity contribution in [3.63, 3.8) is 0 Å². The normalized spacial score (nSPS) is 26.5. The molecular formula is C17H24N2O5. The lowest BCUT2D eigenvalue weighted by molar-refractivity contribution is -0.225. The van der Waals surface area contributed by atoms with Gasteiger partial charge in [0.2, 0.25) is 5.91 Å². The summed E-state index contributed by atoms with van der Waals surface area (Å²) in [5, 5.41) is 0. The smallest absolute Gasteiger partial charge is 0.257 e. The fraction of sp³-hybridized carbons (Fsp3) is 0.647. The first-order valence-electron chi connectivity index (χ1n) is 8.22. The van der Waals surface area contributed by atoms with Crippen LogP contribution in [0.3, 0.4) is 0 Å². The summed E-state index contributed by atoms with van der Waals surface area (Å²) in [4.78, 5) is 25.9. The number of morpholine rings is 1. The van der Waals surface area contributed by atoms with Crippen molar-refractivity contribution in [1.82, 2.24) is 4.90 Å². The minimum absolute atomic E-state index is 0.0872. The molecule has 0 radical (unpaired) electrons. The van der Waals surface area contributed by atoms with Crippen LogP contribution in [0.25, 0.3) is 0 Å². The van der Waals surface area contributed by atoms with Gasteiger partial charge in [0.15, 0.2) is 0 Å². The molecule has 3 rings (SSSR count). The number of carbonyl (C=O) groups is 2. The van der Waals surface area contributed by atoms with Crippen molar-refractivity contribution < 1.29 is 23.5 Å². The van der Waals surface area contributed by atoms with Gasteiger partial charge in [0.05, 0.1) is 37.0 Å². The molecule has 1 aromatic rings. The Labute approximate surface area is 141 Å². The van der Waals surface area contributed by atoms with Gasteiger partial charge in [-0.15, -0.1) is 0 Å². The van der Waals surface area contributed by atoms with E-state index in [2.05, 4.69) is 0 Å². The molecule has 1 spiro atoms. The third kappa shape index (κ3) is 3.47. The number of hydrogen-bond acceptors (Lipinski definition) is 5. The molecule has 1 unspecified atom stereocenters. The van der Waals surface area contributed by atoms with E-state index in [1.54, 1.807) is 11.0 Å².